The number of fused-ring (bicyclic) bond motifs is 3. The van der Waals surface area contributed by atoms with E-state index in [2.05, 4.69) is 10.1 Å². The van der Waals surface area contributed by atoms with E-state index in [1.54, 1.807) is 12.1 Å². The molecule has 0 atom stereocenters. The number of halogens is 4. The van der Waals surface area contributed by atoms with Crippen molar-refractivity contribution in [1.29, 1.82) is 0 Å². The number of amides is 1. The van der Waals surface area contributed by atoms with Crippen LogP contribution >= 0.6 is 0 Å². The smallest absolute Gasteiger partial charge is 0.449 e. The Labute approximate surface area is 193 Å². The van der Waals surface area contributed by atoms with Crippen LogP contribution in [0.1, 0.15) is 22.6 Å². The molecular weight excluding hydrogens is 450 g/mol. The highest BCUT2D eigenvalue weighted by Crippen LogP contribution is 2.44. The summed E-state index contributed by atoms with van der Waals surface area (Å²) in [5.74, 6) is -0.445. The Bertz CT molecular complexity index is 1150. The number of benzene rings is 3. The maximum Gasteiger partial charge on any atom is 0.461 e. The molecule has 1 amide bonds. The molecule has 0 aromatic heterocycles. The van der Waals surface area contributed by atoms with Crippen molar-refractivity contribution >= 4 is 12.2 Å². The lowest BCUT2D eigenvalue weighted by molar-refractivity contribution is -0.253. The molecule has 3 aromatic rings. The molecular formula is C26H21F4NO3. The van der Waals surface area contributed by atoms with Gasteiger partial charge in [0, 0.05) is 12.5 Å². The zero-order valence-electron chi connectivity index (χ0n) is 17.9. The van der Waals surface area contributed by atoms with Crippen molar-refractivity contribution in [1.82, 2.24) is 5.32 Å². The van der Waals surface area contributed by atoms with Gasteiger partial charge in [-0.2, -0.15) is 17.6 Å². The van der Waals surface area contributed by atoms with E-state index in [0.717, 1.165) is 28.3 Å². The number of carbonyl (C=O) groups is 1. The summed E-state index contributed by atoms with van der Waals surface area (Å²) in [5.41, 5.74) is 4.92. The molecule has 0 radical (unpaired) electrons. The summed E-state index contributed by atoms with van der Waals surface area (Å²) in [6, 6.07) is 21.3. The number of hydrogen-bond acceptors (Lipinski definition) is 3. The summed E-state index contributed by atoms with van der Waals surface area (Å²) in [4.78, 5) is 12.2. The average Bonchev–Trinajstić information content (AvgIpc) is 3.14. The first-order valence-corrected chi connectivity index (χ1v) is 10.6. The Balaban J connectivity index is 1.29. The summed E-state index contributed by atoms with van der Waals surface area (Å²) in [6.45, 7) is 0.302. The van der Waals surface area contributed by atoms with Gasteiger partial charge in [0.05, 0.1) is 0 Å². The Hall–Kier alpha value is -3.81. The van der Waals surface area contributed by atoms with E-state index in [1.165, 1.54) is 18.2 Å². The van der Waals surface area contributed by atoms with Crippen LogP contribution in [0, 0.1) is 0 Å². The first-order valence-electron chi connectivity index (χ1n) is 10.6. The van der Waals surface area contributed by atoms with Gasteiger partial charge in [-0.25, -0.2) is 4.79 Å². The third-order valence-electron chi connectivity index (χ3n) is 5.38. The van der Waals surface area contributed by atoms with Gasteiger partial charge in [0.25, 0.3) is 0 Å². The number of ether oxygens (including phenoxy) is 2. The second kappa shape index (κ2) is 9.99. The topological polar surface area (TPSA) is 47.6 Å². The van der Waals surface area contributed by atoms with E-state index in [0.29, 0.717) is 5.56 Å². The van der Waals surface area contributed by atoms with E-state index in [1.807, 2.05) is 48.5 Å². The van der Waals surface area contributed by atoms with E-state index in [9.17, 15) is 22.4 Å². The van der Waals surface area contributed by atoms with Crippen LogP contribution in [0.3, 0.4) is 0 Å². The van der Waals surface area contributed by atoms with Gasteiger partial charge in [-0.1, -0.05) is 72.8 Å². The van der Waals surface area contributed by atoms with Gasteiger partial charge in [-0.05, 0) is 39.9 Å². The van der Waals surface area contributed by atoms with Crippen LogP contribution in [0.4, 0.5) is 22.4 Å². The van der Waals surface area contributed by atoms with Gasteiger partial charge in [0.15, 0.2) is 0 Å². The molecule has 4 nitrogen and oxygen atoms in total. The number of rotatable bonds is 8. The molecule has 0 saturated carbocycles. The summed E-state index contributed by atoms with van der Waals surface area (Å²) in [5, 5.41) is 2.59. The van der Waals surface area contributed by atoms with Crippen LogP contribution in [-0.2, 0) is 4.74 Å². The SMILES string of the molecule is O=C(NCC=Cc1cccc(OC(F)(F)C(F)F)c1)OCC1c2ccccc2-c2ccccc21. The lowest BCUT2D eigenvalue weighted by Gasteiger charge is -2.16. The van der Waals surface area contributed by atoms with E-state index in [4.69, 9.17) is 4.74 Å². The predicted molar refractivity (Wildman–Crippen MR) is 120 cm³/mol. The fourth-order valence-electron chi connectivity index (χ4n) is 3.87. The lowest BCUT2D eigenvalue weighted by atomic mass is 9.98. The number of hydrogen-bond donors (Lipinski definition) is 1. The molecule has 4 rings (SSSR count). The van der Waals surface area contributed by atoms with Gasteiger partial charge in [0.2, 0.25) is 0 Å². The van der Waals surface area contributed by atoms with Crippen LogP contribution in [0.2, 0.25) is 0 Å². The van der Waals surface area contributed by atoms with Crippen LogP contribution in [0.5, 0.6) is 5.75 Å². The van der Waals surface area contributed by atoms with Crippen LogP contribution in [0.15, 0.2) is 78.9 Å². The zero-order chi connectivity index (χ0) is 24.1. The minimum Gasteiger partial charge on any atom is -0.449 e. The van der Waals surface area contributed by atoms with E-state index < -0.39 is 24.4 Å². The first-order chi connectivity index (χ1) is 16.3. The molecule has 8 heteroatoms. The van der Waals surface area contributed by atoms with Gasteiger partial charge >= 0.3 is 18.6 Å². The molecule has 176 valence electrons. The molecule has 3 aromatic carbocycles. The van der Waals surface area contributed by atoms with Crippen LogP contribution in [-0.4, -0.2) is 31.8 Å². The number of alkyl carbamates (subject to hydrolysis) is 1. The molecule has 1 aliphatic carbocycles. The molecule has 1 N–H and O–H groups in total. The second-order valence-corrected chi connectivity index (χ2v) is 7.65. The molecule has 0 heterocycles. The first kappa shape index (κ1) is 23.4. The molecule has 0 fully saturated rings. The van der Waals surface area contributed by atoms with Crippen molar-refractivity contribution in [3.05, 3.63) is 95.6 Å². The Morgan fingerprint density at radius 1 is 0.971 bits per heavy atom. The van der Waals surface area contributed by atoms with Crippen molar-refractivity contribution in [2.45, 2.75) is 18.5 Å². The fraction of sp³-hybridized carbons (Fsp3) is 0.192. The minimum atomic E-state index is -4.58. The molecule has 34 heavy (non-hydrogen) atoms. The Morgan fingerprint density at radius 3 is 2.26 bits per heavy atom. The molecule has 0 spiro atoms. The van der Waals surface area contributed by atoms with Gasteiger partial charge in [0.1, 0.15) is 12.4 Å². The minimum absolute atomic E-state index is 0.0530. The van der Waals surface area contributed by atoms with Gasteiger partial charge < -0.3 is 14.8 Å². The highest BCUT2D eigenvalue weighted by Gasteiger charge is 2.43. The van der Waals surface area contributed by atoms with Crippen molar-refractivity contribution in [3.63, 3.8) is 0 Å². The zero-order valence-corrected chi connectivity index (χ0v) is 17.9. The summed E-state index contributed by atoms with van der Waals surface area (Å²) >= 11 is 0. The summed E-state index contributed by atoms with van der Waals surface area (Å²) < 4.78 is 60.2. The highest BCUT2D eigenvalue weighted by atomic mass is 19.3. The van der Waals surface area contributed by atoms with Crippen molar-refractivity contribution in [3.8, 4) is 16.9 Å². The average molecular weight is 471 g/mol. The van der Waals surface area contributed by atoms with E-state index >= 15 is 0 Å². The summed E-state index contributed by atoms with van der Waals surface area (Å²) in [6.07, 6.45) is -6.00. The standard InChI is InChI=1S/C26H21F4NO3/c27-24(28)26(29,30)34-18-9-5-7-17(15-18)8-6-14-31-25(32)33-16-23-21-12-3-1-10-19(21)20-11-2-4-13-22(20)23/h1-13,15,23-24H,14,16H2,(H,31,32). The quantitative estimate of drug-likeness (QED) is 0.383. The third kappa shape index (κ3) is 5.22. The summed E-state index contributed by atoms with van der Waals surface area (Å²) in [7, 11) is 0. The molecule has 0 bridgehead atoms. The van der Waals surface area contributed by atoms with Crippen LogP contribution < -0.4 is 10.1 Å². The molecule has 0 unspecified atom stereocenters. The monoisotopic (exact) mass is 471 g/mol. The van der Waals surface area contributed by atoms with Crippen molar-refractivity contribution in [2.75, 3.05) is 13.2 Å². The van der Waals surface area contributed by atoms with Gasteiger partial charge in [-0.3, -0.25) is 0 Å². The van der Waals surface area contributed by atoms with Crippen molar-refractivity contribution in [2.24, 2.45) is 0 Å². The maximum absolute atomic E-state index is 13.1. The number of nitrogens with one attached hydrogen (secondary N) is 1. The largest absolute Gasteiger partial charge is 0.461 e. The lowest BCUT2D eigenvalue weighted by Crippen LogP contribution is -2.33. The number of alkyl halides is 4. The maximum atomic E-state index is 13.1. The third-order valence-corrected chi connectivity index (χ3v) is 5.38. The highest BCUT2D eigenvalue weighted by molar-refractivity contribution is 5.79. The Kier molecular flexibility index (Phi) is 6.86. The van der Waals surface area contributed by atoms with Crippen LogP contribution in [0.25, 0.3) is 17.2 Å². The predicted octanol–water partition coefficient (Wildman–Crippen LogP) is 6.48. The fourth-order valence-corrected chi connectivity index (χ4v) is 3.87. The van der Waals surface area contributed by atoms with E-state index in [-0.39, 0.29) is 19.1 Å². The normalized spacial score (nSPS) is 13.1. The number of carbonyl (C=O) groups excluding carboxylic acids is 1. The van der Waals surface area contributed by atoms with Gasteiger partial charge in [-0.15, -0.1) is 0 Å². The Morgan fingerprint density at radius 2 is 1.62 bits per heavy atom. The molecule has 1 aliphatic rings. The second-order valence-electron chi connectivity index (χ2n) is 7.65. The van der Waals surface area contributed by atoms with Crippen molar-refractivity contribution < 1.29 is 31.8 Å². The molecule has 0 aliphatic heterocycles. The molecule has 0 saturated heterocycles.